The number of likely N-dealkylation sites (tertiary alicyclic amines) is 1. The van der Waals surface area contributed by atoms with Gasteiger partial charge in [0.15, 0.2) is 0 Å². The molecule has 0 bridgehead atoms. The summed E-state index contributed by atoms with van der Waals surface area (Å²) in [5.41, 5.74) is 0. The Balaban J connectivity index is 0.000000315. The van der Waals surface area contributed by atoms with Gasteiger partial charge >= 0.3 is 0 Å². The molecule has 2 fully saturated rings. The van der Waals surface area contributed by atoms with Crippen LogP contribution in [0.4, 0.5) is 0 Å². The highest BCUT2D eigenvalue weighted by Gasteiger charge is 2.24. The molecular weight excluding hydrogens is 208 g/mol. The van der Waals surface area contributed by atoms with Gasteiger partial charge in [-0.1, -0.05) is 33.6 Å². The standard InChI is InChI=1S/C9H17N.C4H11N.C2H6/c1-2-6-9(5-1)10-7-3-4-8-10;1-4-5(2)3;1-2/h9H,1-8H2;4H2,1-3H3;1-2H3. The van der Waals surface area contributed by atoms with E-state index >= 15 is 0 Å². The van der Waals surface area contributed by atoms with E-state index in [1.54, 1.807) is 0 Å². The van der Waals surface area contributed by atoms with E-state index in [1.807, 2.05) is 13.8 Å². The summed E-state index contributed by atoms with van der Waals surface area (Å²) in [6, 6.07) is 0.988. The van der Waals surface area contributed by atoms with Crippen LogP contribution in [-0.4, -0.2) is 49.6 Å². The van der Waals surface area contributed by atoms with Gasteiger partial charge in [-0.25, -0.2) is 0 Å². The largest absolute Gasteiger partial charge is 0.310 e. The number of rotatable bonds is 2. The van der Waals surface area contributed by atoms with Crippen LogP contribution < -0.4 is 0 Å². The molecule has 104 valence electrons. The van der Waals surface area contributed by atoms with Crippen molar-refractivity contribution in [2.45, 2.75) is 65.3 Å². The zero-order chi connectivity index (χ0) is 13.1. The van der Waals surface area contributed by atoms with Crippen LogP contribution in [0.2, 0.25) is 0 Å². The first-order valence-corrected chi connectivity index (χ1v) is 7.62. The van der Waals surface area contributed by atoms with Crippen molar-refractivity contribution in [2.24, 2.45) is 0 Å². The second kappa shape index (κ2) is 11.0. The van der Waals surface area contributed by atoms with Crippen LogP contribution in [0.5, 0.6) is 0 Å². The smallest absolute Gasteiger partial charge is 0.00952 e. The number of nitrogens with zero attached hydrogens (tertiary/aromatic N) is 2. The fourth-order valence-electron chi connectivity index (χ4n) is 2.38. The van der Waals surface area contributed by atoms with Crippen molar-refractivity contribution in [2.75, 3.05) is 33.7 Å². The Bertz CT molecular complexity index is 131. The molecule has 0 unspecified atom stereocenters. The van der Waals surface area contributed by atoms with E-state index in [4.69, 9.17) is 0 Å². The van der Waals surface area contributed by atoms with Gasteiger partial charge in [0.2, 0.25) is 0 Å². The normalized spacial score (nSPS) is 20.8. The molecule has 0 spiro atoms. The Morgan fingerprint density at radius 3 is 1.71 bits per heavy atom. The van der Waals surface area contributed by atoms with E-state index in [9.17, 15) is 0 Å². The summed E-state index contributed by atoms with van der Waals surface area (Å²) in [5, 5.41) is 0. The van der Waals surface area contributed by atoms with Gasteiger partial charge in [-0.2, -0.15) is 0 Å². The van der Waals surface area contributed by atoms with Gasteiger partial charge in [-0.05, 0) is 59.4 Å². The van der Waals surface area contributed by atoms with Gasteiger partial charge in [0.25, 0.3) is 0 Å². The van der Waals surface area contributed by atoms with Crippen LogP contribution in [0.15, 0.2) is 0 Å². The first kappa shape index (κ1) is 16.9. The van der Waals surface area contributed by atoms with E-state index < -0.39 is 0 Å². The van der Waals surface area contributed by atoms with Crippen molar-refractivity contribution < 1.29 is 0 Å². The second-order valence-corrected chi connectivity index (χ2v) is 5.08. The monoisotopic (exact) mass is 242 g/mol. The number of hydrogen-bond acceptors (Lipinski definition) is 2. The first-order valence-electron chi connectivity index (χ1n) is 7.62. The van der Waals surface area contributed by atoms with Crippen molar-refractivity contribution in [1.29, 1.82) is 0 Å². The average molecular weight is 242 g/mol. The maximum absolute atomic E-state index is 2.70. The minimum Gasteiger partial charge on any atom is -0.310 e. The van der Waals surface area contributed by atoms with E-state index in [2.05, 4.69) is 30.8 Å². The summed E-state index contributed by atoms with van der Waals surface area (Å²) < 4.78 is 0. The third-order valence-corrected chi connectivity index (χ3v) is 3.61. The first-order chi connectivity index (χ1) is 8.24. The molecule has 0 radical (unpaired) electrons. The maximum atomic E-state index is 2.70. The molecule has 2 nitrogen and oxygen atoms in total. The van der Waals surface area contributed by atoms with Gasteiger partial charge in [-0.3, -0.25) is 0 Å². The summed E-state index contributed by atoms with van der Waals surface area (Å²) in [6.07, 6.45) is 8.86. The van der Waals surface area contributed by atoms with Crippen molar-refractivity contribution in [3.8, 4) is 0 Å². The SMILES string of the molecule is C1CCC(N2CCCC2)C1.CC.CCN(C)C. The predicted molar refractivity (Wildman–Crippen MR) is 78.6 cm³/mol. The molecule has 0 amide bonds. The third-order valence-electron chi connectivity index (χ3n) is 3.61. The topological polar surface area (TPSA) is 6.48 Å². The van der Waals surface area contributed by atoms with Gasteiger partial charge in [0.1, 0.15) is 0 Å². The lowest BCUT2D eigenvalue weighted by Crippen LogP contribution is -2.29. The summed E-state index contributed by atoms with van der Waals surface area (Å²) in [5.74, 6) is 0. The Labute approximate surface area is 109 Å². The van der Waals surface area contributed by atoms with E-state index in [1.165, 1.54) is 51.6 Å². The molecule has 2 heteroatoms. The Hall–Kier alpha value is -0.0800. The molecule has 1 aliphatic carbocycles. The Morgan fingerprint density at radius 2 is 1.35 bits per heavy atom. The van der Waals surface area contributed by atoms with Crippen LogP contribution in [0.1, 0.15) is 59.3 Å². The van der Waals surface area contributed by atoms with Crippen LogP contribution in [0.25, 0.3) is 0 Å². The van der Waals surface area contributed by atoms with E-state index in [0.717, 1.165) is 12.6 Å². The molecule has 0 aromatic rings. The Kier molecular flexibility index (Phi) is 11.0. The highest BCUT2D eigenvalue weighted by molar-refractivity contribution is 4.80. The zero-order valence-corrected chi connectivity index (χ0v) is 12.8. The maximum Gasteiger partial charge on any atom is 0.00952 e. The molecule has 0 atom stereocenters. The van der Waals surface area contributed by atoms with Crippen molar-refractivity contribution in [3.63, 3.8) is 0 Å². The molecule has 0 N–H and O–H groups in total. The lowest BCUT2D eigenvalue weighted by Gasteiger charge is -2.22. The minimum absolute atomic E-state index is 0.988. The molecule has 17 heavy (non-hydrogen) atoms. The zero-order valence-electron chi connectivity index (χ0n) is 12.8. The molecule has 1 heterocycles. The van der Waals surface area contributed by atoms with Gasteiger partial charge in [0, 0.05) is 6.04 Å². The molecule has 2 aliphatic rings. The number of hydrogen-bond donors (Lipinski definition) is 0. The summed E-state index contributed by atoms with van der Waals surface area (Å²) >= 11 is 0. The third kappa shape index (κ3) is 7.77. The van der Waals surface area contributed by atoms with Crippen molar-refractivity contribution in [1.82, 2.24) is 9.80 Å². The molecule has 1 saturated carbocycles. The van der Waals surface area contributed by atoms with Crippen LogP contribution in [-0.2, 0) is 0 Å². The molecule has 0 aromatic heterocycles. The van der Waals surface area contributed by atoms with Crippen molar-refractivity contribution in [3.05, 3.63) is 0 Å². The van der Waals surface area contributed by atoms with Crippen LogP contribution in [0.3, 0.4) is 0 Å². The fourth-order valence-corrected chi connectivity index (χ4v) is 2.38. The lowest BCUT2D eigenvalue weighted by atomic mass is 10.2. The molecule has 0 aromatic carbocycles. The van der Waals surface area contributed by atoms with Gasteiger partial charge in [0.05, 0.1) is 0 Å². The quantitative estimate of drug-likeness (QED) is 0.730. The highest BCUT2D eigenvalue weighted by Crippen LogP contribution is 2.25. The molecular formula is C15H34N2. The predicted octanol–water partition coefficient (Wildman–Crippen LogP) is 3.62. The summed E-state index contributed by atoms with van der Waals surface area (Å²) in [6.45, 7) is 10.1. The highest BCUT2D eigenvalue weighted by atomic mass is 15.2. The minimum atomic E-state index is 0.988. The fraction of sp³-hybridized carbons (Fsp3) is 1.00. The summed E-state index contributed by atoms with van der Waals surface area (Å²) in [4.78, 5) is 4.83. The molecule has 1 aliphatic heterocycles. The molecule has 1 saturated heterocycles. The van der Waals surface area contributed by atoms with E-state index in [0.29, 0.717) is 0 Å². The van der Waals surface area contributed by atoms with E-state index in [-0.39, 0.29) is 0 Å². The van der Waals surface area contributed by atoms with Crippen LogP contribution >= 0.6 is 0 Å². The lowest BCUT2D eigenvalue weighted by molar-refractivity contribution is 0.246. The van der Waals surface area contributed by atoms with Crippen LogP contribution in [0, 0.1) is 0 Å². The van der Waals surface area contributed by atoms with Gasteiger partial charge < -0.3 is 9.80 Å². The second-order valence-electron chi connectivity index (χ2n) is 5.08. The average Bonchev–Trinajstić information content (AvgIpc) is 3.04. The summed E-state index contributed by atoms with van der Waals surface area (Å²) in [7, 11) is 4.11. The Morgan fingerprint density at radius 1 is 0.941 bits per heavy atom. The van der Waals surface area contributed by atoms with Crippen molar-refractivity contribution >= 4 is 0 Å². The van der Waals surface area contributed by atoms with Gasteiger partial charge in [-0.15, -0.1) is 0 Å². The molecule has 2 rings (SSSR count).